The maximum Gasteiger partial charge on any atom is 0.253 e. The van der Waals surface area contributed by atoms with E-state index in [9.17, 15) is 4.79 Å². The van der Waals surface area contributed by atoms with Crippen LogP contribution in [-0.4, -0.2) is 38.4 Å². The lowest BCUT2D eigenvalue weighted by atomic mass is 9.96. The van der Waals surface area contributed by atoms with Crippen LogP contribution in [0.15, 0.2) is 43.2 Å². The van der Waals surface area contributed by atoms with Crippen molar-refractivity contribution in [3.05, 3.63) is 48.8 Å². The van der Waals surface area contributed by atoms with Gasteiger partial charge in [0.15, 0.2) is 0 Å². The fourth-order valence-corrected chi connectivity index (χ4v) is 2.69. The number of pyridine rings is 1. The van der Waals surface area contributed by atoms with Gasteiger partial charge in [0.1, 0.15) is 0 Å². The molecule has 3 rings (SSSR count). The van der Waals surface area contributed by atoms with Crippen LogP contribution < -0.4 is 0 Å². The molecule has 0 unspecified atom stereocenters. The summed E-state index contributed by atoms with van der Waals surface area (Å²) in [4.78, 5) is 22.3. The first-order valence-corrected chi connectivity index (χ1v) is 6.98. The molecule has 0 aliphatic carbocycles. The molecule has 3 heterocycles. The predicted octanol–water partition coefficient (Wildman–Crippen LogP) is 1.83. The van der Waals surface area contributed by atoms with Gasteiger partial charge >= 0.3 is 0 Å². The molecule has 0 saturated carbocycles. The monoisotopic (exact) mass is 270 g/mol. The van der Waals surface area contributed by atoms with E-state index < -0.39 is 0 Å². The summed E-state index contributed by atoms with van der Waals surface area (Å²) in [5, 5.41) is 0. The molecule has 1 saturated heterocycles. The van der Waals surface area contributed by atoms with E-state index in [1.165, 1.54) is 0 Å². The molecule has 1 aliphatic heterocycles. The second kappa shape index (κ2) is 5.86. The van der Waals surface area contributed by atoms with Gasteiger partial charge in [0.25, 0.3) is 5.91 Å². The SMILES string of the molecule is O=C(c1ccncc1)N1CCC(Cn2ccnc2)CC1. The van der Waals surface area contributed by atoms with Gasteiger partial charge in [-0.15, -0.1) is 0 Å². The second-order valence-corrected chi connectivity index (χ2v) is 5.23. The Hall–Kier alpha value is -2.17. The molecule has 5 nitrogen and oxygen atoms in total. The standard InChI is InChI=1S/C15H18N4O/c20-15(14-1-5-16-6-2-14)19-8-3-13(4-9-19)11-18-10-7-17-12-18/h1-2,5-7,10,12-13H,3-4,8-9,11H2. The van der Waals surface area contributed by atoms with E-state index in [0.29, 0.717) is 5.92 Å². The minimum Gasteiger partial charge on any atom is -0.339 e. The topological polar surface area (TPSA) is 51.0 Å². The molecule has 1 amide bonds. The Bertz CT molecular complexity index is 545. The fourth-order valence-electron chi connectivity index (χ4n) is 2.69. The summed E-state index contributed by atoms with van der Waals surface area (Å²) in [5.74, 6) is 0.749. The summed E-state index contributed by atoms with van der Waals surface area (Å²) in [6.07, 6.45) is 11.1. The number of carbonyl (C=O) groups is 1. The predicted molar refractivity (Wildman–Crippen MR) is 75.1 cm³/mol. The van der Waals surface area contributed by atoms with Crippen molar-refractivity contribution in [1.29, 1.82) is 0 Å². The van der Waals surface area contributed by atoms with Crippen molar-refractivity contribution in [3.8, 4) is 0 Å². The maximum absolute atomic E-state index is 12.3. The molecule has 0 atom stereocenters. The largest absolute Gasteiger partial charge is 0.339 e. The molecule has 1 aliphatic rings. The van der Waals surface area contributed by atoms with Crippen molar-refractivity contribution in [2.45, 2.75) is 19.4 Å². The number of hydrogen-bond acceptors (Lipinski definition) is 3. The molecular formula is C15H18N4O. The number of piperidine rings is 1. The van der Waals surface area contributed by atoms with Gasteiger partial charge in [-0.2, -0.15) is 0 Å². The van der Waals surface area contributed by atoms with Crippen LogP contribution in [0.1, 0.15) is 23.2 Å². The minimum absolute atomic E-state index is 0.119. The lowest BCUT2D eigenvalue weighted by Gasteiger charge is -2.32. The van der Waals surface area contributed by atoms with E-state index in [-0.39, 0.29) is 5.91 Å². The van der Waals surface area contributed by atoms with Crippen molar-refractivity contribution in [3.63, 3.8) is 0 Å². The van der Waals surface area contributed by atoms with Crippen LogP contribution in [0.3, 0.4) is 0 Å². The summed E-state index contributed by atoms with van der Waals surface area (Å²) in [7, 11) is 0. The van der Waals surface area contributed by atoms with Gasteiger partial charge in [-0.1, -0.05) is 0 Å². The van der Waals surface area contributed by atoms with Crippen molar-refractivity contribution in [2.24, 2.45) is 5.92 Å². The van der Waals surface area contributed by atoms with E-state index >= 15 is 0 Å². The lowest BCUT2D eigenvalue weighted by Crippen LogP contribution is -2.39. The number of carbonyl (C=O) groups excluding carboxylic acids is 1. The zero-order valence-corrected chi connectivity index (χ0v) is 11.4. The first kappa shape index (κ1) is 12.8. The molecule has 0 bridgehead atoms. The molecule has 20 heavy (non-hydrogen) atoms. The first-order chi connectivity index (χ1) is 9.83. The number of rotatable bonds is 3. The quantitative estimate of drug-likeness (QED) is 0.855. The highest BCUT2D eigenvalue weighted by Crippen LogP contribution is 2.20. The number of hydrogen-bond donors (Lipinski definition) is 0. The molecule has 2 aromatic rings. The molecule has 0 radical (unpaired) electrons. The van der Waals surface area contributed by atoms with Crippen LogP contribution in [0, 0.1) is 5.92 Å². The lowest BCUT2D eigenvalue weighted by molar-refractivity contribution is 0.0683. The van der Waals surface area contributed by atoms with Gasteiger partial charge in [-0.05, 0) is 30.9 Å². The van der Waals surface area contributed by atoms with Crippen LogP contribution in [0.5, 0.6) is 0 Å². The highest BCUT2D eigenvalue weighted by Gasteiger charge is 2.23. The van der Waals surface area contributed by atoms with Crippen molar-refractivity contribution in [2.75, 3.05) is 13.1 Å². The minimum atomic E-state index is 0.119. The average molecular weight is 270 g/mol. The van der Waals surface area contributed by atoms with E-state index in [4.69, 9.17) is 0 Å². The van der Waals surface area contributed by atoms with E-state index in [2.05, 4.69) is 14.5 Å². The average Bonchev–Trinajstić information content (AvgIpc) is 3.01. The molecule has 2 aromatic heterocycles. The van der Waals surface area contributed by atoms with Crippen molar-refractivity contribution < 1.29 is 4.79 Å². The van der Waals surface area contributed by atoms with Gasteiger partial charge in [0, 0.05) is 50.0 Å². The third-order valence-electron chi connectivity index (χ3n) is 3.86. The fraction of sp³-hybridized carbons (Fsp3) is 0.400. The van der Waals surface area contributed by atoms with Crippen LogP contribution in [0.4, 0.5) is 0 Å². The van der Waals surface area contributed by atoms with Crippen molar-refractivity contribution in [1.82, 2.24) is 19.4 Å². The molecule has 0 spiro atoms. The van der Waals surface area contributed by atoms with Gasteiger partial charge in [0.2, 0.25) is 0 Å². The first-order valence-electron chi connectivity index (χ1n) is 6.98. The molecule has 0 N–H and O–H groups in total. The molecule has 0 aromatic carbocycles. The zero-order valence-electron chi connectivity index (χ0n) is 11.4. The van der Waals surface area contributed by atoms with E-state index in [1.807, 2.05) is 23.6 Å². The molecule has 1 fully saturated rings. The smallest absolute Gasteiger partial charge is 0.253 e. The van der Waals surface area contributed by atoms with Gasteiger partial charge < -0.3 is 9.47 Å². The summed E-state index contributed by atoms with van der Waals surface area (Å²) in [5.41, 5.74) is 0.730. The van der Waals surface area contributed by atoms with Crippen molar-refractivity contribution >= 4 is 5.91 Å². The maximum atomic E-state index is 12.3. The summed E-state index contributed by atoms with van der Waals surface area (Å²) in [6, 6.07) is 3.56. The van der Waals surface area contributed by atoms with Gasteiger partial charge in [0.05, 0.1) is 6.33 Å². The number of likely N-dealkylation sites (tertiary alicyclic amines) is 1. The molecule has 104 valence electrons. The Kier molecular flexibility index (Phi) is 3.76. The summed E-state index contributed by atoms with van der Waals surface area (Å²) in [6.45, 7) is 2.67. The number of imidazole rings is 1. The summed E-state index contributed by atoms with van der Waals surface area (Å²) < 4.78 is 2.12. The Balaban J connectivity index is 1.55. The normalized spacial score (nSPS) is 16.3. The van der Waals surface area contributed by atoms with Crippen LogP contribution in [0.2, 0.25) is 0 Å². The van der Waals surface area contributed by atoms with Crippen LogP contribution in [-0.2, 0) is 6.54 Å². The van der Waals surface area contributed by atoms with Crippen LogP contribution >= 0.6 is 0 Å². The number of nitrogens with zero attached hydrogens (tertiary/aromatic N) is 4. The third kappa shape index (κ3) is 2.87. The number of aromatic nitrogens is 3. The van der Waals surface area contributed by atoms with E-state index in [1.54, 1.807) is 24.5 Å². The highest BCUT2D eigenvalue weighted by molar-refractivity contribution is 5.94. The van der Waals surface area contributed by atoms with Crippen LogP contribution in [0.25, 0.3) is 0 Å². The molecule has 5 heteroatoms. The molecular weight excluding hydrogens is 252 g/mol. The van der Waals surface area contributed by atoms with Gasteiger partial charge in [-0.25, -0.2) is 4.98 Å². The Labute approximate surface area is 118 Å². The van der Waals surface area contributed by atoms with Gasteiger partial charge in [-0.3, -0.25) is 9.78 Å². The Morgan fingerprint density at radius 1 is 1.15 bits per heavy atom. The highest BCUT2D eigenvalue weighted by atomic mass is 16.2. The summed E-state index contributed by atoms with van der Waals surface area (Å²) >= 11 is 0. The second-order valence-electron chi connectivity index (χ2n) is 5.23. The van der Waals surface area contributed by atoms with E-state index in [0.717, 1.165) is 38.0 Å². The Morgan fingerprint density at radius 2 is 1.90 bits per heavy atom. The number of amides is 1. The third-order valence-corrected chi connectivity index (χ3v) is 3.86. The zero-order chi connectivity index (χ0) is 13.8. The Morgan fingerprint density at radius 3 is 2.55 bits per heavy atom.